The smallest absolute Gasteiger partial charge is 0.278 e. The fourth-order valence-electron chi connectivity index (χ4n) is 3.83. The highest BCUT2D eigenvalue weighted by molar-refractivity contribution is 6.36. The molecule has 1 aliphatic rings. The van der Waals surface area contributed by atoms with Crippen molar-refractivity contribution >= 4 is 23.1 Å². The van der Waals surface area contributed by atoms with Gasteiger partial charge in [-0.3, -0.25) is 14.5 Å². The number of hydrogen-bond donors (Lipinski definition) is 0. The maximum Gasteiger partial charge on any atom is 0.278 e. The topological polar surface area (TPSA) is 40.6 Å². The number of carbonyl (C=O) groups excluding carboxylic acids is 2. The van der Waals surface area contributed by atoms with Crippen molar-refractivity contribution in [3.8, 4) is 0 Å². The second-order valence-corrected chi connectivity index (χ2v) is 8.10. The summed E-state index contributed by atoms with van der Waals surface area (Å²) in [6.45, 7) is 6.32. The van der Waals surface area contributed by atoms with Crippen LogP contribution in [0.2, 0.25) is 0 Å². The molecule has 156 valence electrons. The highest BCUT2D eigenvalue weighted by Gasteiger charge is 2.41. The van der Waals surface area contributed by atoms with Crippen LogP contribution in [-0.4, -0.2) is 23.8 Å². The zero-order valence-corrected chi connectivity index (χ0v) is 18.3. The normalized spacial score (nSPS) is 13.9. The average Bonchev–Trinajstić information content (AvgIpc) is 3.02. The largest absolute Gasteiger partial charge is 0.339 e. The number of likely N-dealkylation sites (N-methyl/N-ethyl adjacent to an activating group) is 1. The first-order valence-corrected chi connectivity index (χ1v) is 10.4. The van der Waals surface area contributed by atoms with Gasteiger partial charge in [0.25, 0.3) is 11.8 Å². The van der Waals surface area contributed by atoms with E-state index in [4.69, 9.17) is 0 Å². The van der Waals surface area contributed by atoms with E-state index in [0.717, 1.165) is 33.5 Å². The molecule has 3 aromatic carbocycles. The van der Waals surface area contributed by atoms with E-state index in [-0.39, 0.29) is 18.4 Å². The van der Waals surface area contributed by atoms with Crippen LogP contribution in [0.3, 0.4) is 0 Å². The van der Waals surface area contributed by atoms with E-state index in [1.54, 1.807) is 0 Å². The summed E-state index contributed by atoms with van der Waals surface area (Å²) in [5.74, 6) is -0.531. The van der Waals surface area contributed by atoms with Crippen LogP contribution in [0, 0.1) is 20.8 Å². The zero-order chi connectivity index (χ0) is 22.1. The summed E-state index contributed by atoms with van der Waals surface area (Å²) < 4.78 is 0. The zero-order valence-electron chi connectivity index (χ0n) is 18.3. The molecule has 0 bridgehead atoms. The van der Waals surface area contributed by atoms with Crippen LogP contribution in [-0.2, 0) is 16.1 Å². The summed E-state index contributed by atoms with van der Waals surface area (Å²) >= 11 is 0. The third-order valence-electron chi connectivity index (χ3n) is 5.88. The minimum Gasteiger partial charge on any atom is -0.339 e. The van der Waals surface area contributed by atoms with Crippen molar-refractivity contribution in [2.24, 2.45) is 0 Å². The molecule has 4 nitrogen and oxygen atoms in total. The van der Waals surface area contributed by atoms with Crippen molar-refractivity contribution < 1.29 is 9.59 Å². The molecule has 0 atom stereocenters. The minimum atomic E-state index is -0.273. The lowest BCUT2D eigenvalue weighted by Crippen LogP contribution is -2.33. The van der Waals surface area contributed by atoms with Gasteiger partial charge in [0.2, 0.25) is 0 Å². The number of para-hydroxylation sites is 1. The van der Waals surface area contributed by atoms with E-state index in [0.29, 0.717) is 11.3 Å². The van der Waals surface area contributed by atoms with Crippen molar-refractivity contribution in [1.29, 1.82) is 0 Å². The fourth-order valence-corrected chi connectivity index (χ4v) is 3.83. The molecule has 0 saturated heterocycles. The van der Waals surface area contributed by atoms with Gasteiger partial charge in [-0.05, 0) is 55.2 Å². The van der Waals surface area contributed by atoms with Gasteiger partial charge in [0.1, 0.15) is 5.70 Å². The van der Waals surface area contributed by atoms with Gasteiger partial charge >= 0.3 is 0 Å². The quantitative estimate of drug-likeness (QED) is 0.554. The number of imide groups is 1. The number of hydrogen-bond acceptors (Lipinski definition) is 3. The standard InChI is InChI=1S/C27H26N2O2/c1-18-10-13-21(14-11-18)17-29-26(30)24(22-15-12-19(2)20(3)16-22)25(27(29)31)28(4)23-8-6-5-7-9-23/h5-16H,17H2,1-4H3. The number of amides is 2. The molecule has 0 aliphatic carbocycles. The Morgan fingerprint density at radius 3 is 2.10 bits per heavy atom. The lowest BCUT2D eigenvalue weighted by molar-refractivity contribution is -0.137. The molecule has 4 heteroatoms. The summed E-state index contributed by atoms with van der Waals surface area (Å²) in [7, 11) is 1.84. The van der Waals surface area contributed by atoms with Crippen molar-refractivity contribution in [3.05, 3.63) is 106 Å². The lowest BCUT2D eigenvalue weighted by atomic mass is 9.99. The molecular weight excluding hydrogens is 384 g/mol. The van der Waals surface area contributed by atoms with Gasteiger partial charge in [-0.2, -0.15) is 0 Å². The second kappa shape index (κ2) is 8.23. The van der Waals surface area contributed by atoms with Crippen molar-refractivity contribution in [2.45, 2.75) is 27.3 Å². The fraction of sp³-hybridized carbons (Fsp3) is 0.185. The molecule has 0 N–H and O–H groups in total. The van der Waals surface area contributed by atoms with Gasteiger partial charge in [-0.15, -0.1) is 0 Å². The Hall–Kier alpha value is -3.66. The average molecular weight is 411 g/mol. The molecule has 0 saturated carbocycles. The Kier molecular flexibility index (Phi) is 5.47. The number of rotatable bonds is 5. The van der Waals surface area contributed by atoms with E-state index >= 15 is 0 Å². The Labute approximate surface area is 183 Å². The molecule has 1 heterocycles. The van der Waals surface area contributed by atoms with Gasteiger partial charge < -0.3 is 4.90 Å². The van der Waals surface area contributed by atoms with E-state index < -0.39 is 0 Å². The SMILES string of the molecule is Cc1ccc(CN2C(=O)C(c3ccc(C)c(C)c3)=C(N(C)c3ccccc3)C2=O)cc1. The van der Waals surface area contributed by atoms with Crippen LogP contribution in [0.25, 0.3) is 5.57 Å². The Balaban J connectivity index is 1.80. The highest BCUT2D eigenvalue weighted by atomic mass is 16.2. The van der Waals surface area contributed by atoms with Gasteiger partial charge in [-0.25, -0.2) is 0 Å². The summed E-state index contributed by atoms with van der Waals surface area (Å²) in [6, 6.07) is 23.5. The van der Waals surface area contributed by atoms with Gasteiger partial charge in [0.15, 0.2) is 0 Å². The number of nitrogens with zero attached hydrogens (tertiary/aromatic N) is 2. The monoisotopic (exact) mass is 410 g/mol. The summed E-state index contributed by atoms with van der Waals surface area (Å²) in [6.07, 6.45) is 0. The van der Waals surface area contributed by atoms with Crippen LogP contribution in [0.1, 0.15) is 27.8 Å². The molecular formula is C27H26N2O2. The molecule has 0 spiro atoms. The predicted molar refractivity (Wildman–Crippen MR) is 124 cm³/mol. The molecule has 31 heavy (non-hydrogen) atoms. The van der Waals surface area contributed by atoms with Gasteiger partial charge in [0, 0.05) is 12.7 Å². The number of benzene rings is 3. The Morgan fingerprint density at radius 1 is 0.774 bits per heavy atom. The Morgan fingerprint density at radius 2 is 1.45 bits per heavy atom. The van der Waals surface area contributed by atoms with Crippen molar-refractivity contribution in [3.63, 3.8) is 0 Å². The van der Waals surface area contributed by atoms with Crippen LogP contribution < -0.4 is 4.90 Å². The van der Waals surface area contributed by atoms with Crippen molar-refractivity contribution in [1.82, 2.24) is 4.90 Å². The lowest BCUT2D eigenvalue weighted by Gasteiger charge is -2.21. The van der Waals surface area contributed by atoms with Crippen LogP contribution in [0.5, 0.6) is 0 Å². The first-order valence-electron chi connectivity index (χ1n) is 10.4. The summed E-state index contributed by atoms with van der Waals surface area (Å²) in [5.41, 5.74) is 6.79. The molecule has 4 rings (SSSR count). The highest BCUT2D eigenvalue weighted by Crippen LogP contribution is 2.34. The first-order chi connectivity index (χ1) is 14.9. The maximum absolute atomic E-state index is 13.6. The molecule has 2 amide bonds. The molecule has 3 aromatic rings. The molecule has 0 unspecified atom stereocenters. The minimum absolute atomic E-state index is 0.248. The summed E-state index contributed by atoms with van der Waals surface area (Å²) in [4.78, 5) is 30.3. The van der Waals surface area contributed by atoms with Gasteiger partial charge in [-0.1, -0.05) is 66.2 Å². The summed E-state index contributed by atoms with van der Waals surface area (Å²) in [5, 5.41) is 0. The van der Waals surface area contributed by atoms with Crippen LogP contribution >= 0.6 is 0 Å². The third kappa shape index (κ3) is 3.89. The number of anilines is 1. The molecule has 0 radical (unpaired) electrons. The third-order valence-corrected chi connectivity index (χ3v) is 5.88. The van der Waals surface area contributed by atoms with Crippen LogP contribution in [0.15, 0.2) is 78.5 Å². The van der Waals surface area contributed by atoms with Crippen LogP contribution in [0.4, 0.5) is 5.69 Å². The number of aryl methyl sites for hydroxylation is 3. The van der Waals surface area contributed by atoms with Crippen molar-refractivity contribution in [2.75, 3.05) is 11.9 Å². The second-order valence-electron chi connectivity index (χ2n) is 8.10. The number of carbonyl (C=O) groups is 2. The van der Waals surface area contributed by atoms with E-state index in [1.807, 2.05) is 106 Å². The Bertz CT molecular complexity index is 1180. The molecule has 0 fully saturated rings. The van der Waals surface area contributed by atoms with Gasteiger partial charge in [0.05, 0.1) is 12.1 Å². The molecule has 1 aliphatic heterocycles. The van der Waals surface area contributed by atoms with E-state index in [2.05, 4.69) is 0 Å². The predicted octanol–water partition coefficient (Wildman–Crippen LogP) is 5.03. The van der Waals surface area contributed by atoms with E-state index in [9.17, 15) is 9.59 Å². The maximum atomic E-state index is 13.6. The molecule has 0 aromatic heterocycles. The first kappa shape index (κ1) is 20.6. The van der Waals surface area contributed by atoms with E-state index in [1.165, 1.54) is 4.90 Å².